The van der Waals surface area contributed by atoms with Gasteiger partial charge in [0.25, 0.3) is 0 Å². The second-order valence-corrected chi connectivity index (χ2v) is 4.79. The van der Waals surface area contributed by atoms with Crippen LogP contribution < -0.4 is 10.1 Å². The van der Waals surface area contributed by atoms with Crippen molar-refractivity contribution in [1.29, 1.82) is 0 Å². The quantitative estimate of drug-likeness (QED) is 0.796. The summed E-state index contributed by atoms with van der Waals surface area (Å²) in [5, 5.41) is 12.2. The van der Waals surface area contributed by atoms with E-state index in [0.29, 0.717) is 31.9 Å². The number of nitrogens with one attached hydrogen (secondary N) is 1. The van der Waals surface area contributed by atoms with Crippen LogP contribution in [0.25, 0.3) is 0 Å². The Morgan fingerprint density at radius 1 is 1.53 bits per heavy atom. The summed E-state index contributed by atoms with van der Waals surface area (Å²) in [6, 6.07) is 0. The molecule has 0 unspecified atom stereocenters. The van der Waals surface area contributed by atoms with Crippen molar-refractivity contribution in [2.24, 2.45) is 0 Å². The Bertz CT molecular complexity index is 494. The minimum atomic E-state index is -0.891. The molecule has 3 heterocycles. The van der Waals surface area contributed by atoms with Crippen LogP contribution in [0.1, 0.15) is 17.7 Å². The summed E-state index contributed by atoms with van der Waals surface area (Å²) in [5.74, 6) is 0.592. The number of nitrogens with zero attached hydrogens (tertiary/aromatic N) is 3. The van der Waals surface area contributed by atoms with Gasteiger partial charge in [-0.25, -0.2) is 14.8 Å². The van der Waals surface area contributed by atoms with Crippen LogP contribution >= 0.6 is 0 Å². The zero-order valence-electron chi connectivity index (χ0n) is 10.5. The second kappa shape index (κ2) is 5.00. The molecule has 3 rings (SSSR count). The smallest absolute Gasteiger partial charge is 0.407 e. The molecule has 0 saturated carbocycles. The van der Waals surface area contributed by atoms with E-state index >= 15 is 0 Å². The van der Waals surface area contributed by atoms with E-state index in [9.17, 15) is 4.79 Å². The van der Waals surface area contributed by atoms with Crippen molar-refractivity contribution in [3.63, 3.8) is 0 Å². The van der Waals surface area contributed by atoms with Gasteiger partial charge in [-0.05, 0) is 0 Å². The van der Waals surface area contributed by atoms with Crippen LogP contribution in [0.2, 0.25) is 0 Å². The summed E-state index contributed by atoms with van der Waals surface area (Å²) in [6.07, 6.45) is 2.09. The van der Waals surface area contributed by atoms with Gasteiger partial charge in [-0.3, -0.25) is 0 Å². The lowest BCUT2D eigenvalue weighted by atomic mass is 10.1. The Kier molecular flexibility index (Phi) is 3.20. The molecule has 2 N–H and O–H groups in total. The number of fused-ring (bicyclic) bond motifs is 1. The molecule has 102 valence electrons. The number of likely N-dealkylation sites (tertiary alicyclic amines) is 1. The van der Waals surface area contributed by atoms with Crippen molar-refractivity contribution in [3.8, 4) is 5.88 Å². The highest BCUT2D eigenvalue weighted by molar-refractivity contribution is 5.65. The molecule has 7 nitrogen and oxygen atoms in total. The topological polar surface area (TPSA) is 87.6 Å². The van der Waals surface area contributed by atoms with E-state index in [0.717, 1.165) is 24.2 Å². The van der Waals surface area contributed by atoms with Crippen LogP contribution in [-0.4, -0.2) is 51.8 Å². The van der Waals surface area contributed by atoms with Crippen molar-refractivity contribution in [3.05, 3.63) is 17.6 Å². The molecular formula is C12H16N4O3. The monoisotopic (exact) mass is 264 g/mol. The minimum absolute atomic E-state index is 0.114. The number of hydrogen-bond donors (Lipinski definition) is 2. The largest absolute Gasteiger partial charge is 0.472 e. The zero-order valence-corrected chi connectivity index (χ0v) is 10.5. The van der Waals surface area contributed by atoms with Gasteiger partial charge >= 0.3 is 6.09 Å². The average molecular weight is 264 g/mol. The maximum Gasteiger partial charge on any atom is 0.407 e. The first-order valence-corrected chi connectivity index (χ1v) is 6.42. The second-order valence-electron chi connectivity index (χ2n) is 4.79. The van der Waals surface area contributed by atoms with Crippen molar-refractivity contribution in [2.45, 2.75) is 25.5 Å². The van der Waals surface area contributed by atoms with E-state index in [2.05, 4.69) is 15.3 Å². The third kappa shape index (κ3) is 2.46. The highest BCUT2D eigenvalue weighted by Crippen LogP contribution is 2.23. The fourth-order valence-electron chi connectivity index (χ4n) is 2.50. The fourth-order valence-corrected chi connectivity index (χ4v) is 2.50. The molecule has 0 bridgehead atoms. The van der Waals surface area contributed by atoms with Crippen LogP contribution in [-0.2, 0) is 13.0 Å². The summed E-state index contributed by atoms with van der Waals surface area (Å²) in [6.45, 7) is 2.55. The Balaban J connectivity index is 1.72. The number of ether oxygens (including phenoxy) is 1. The molecule has 1 aromatic rings. The highest BCUT2D eigenvalue weighted by atomic mass is 16.5. The van der Waals surface area contributed by atoms with Crippen LogP contribution in [0, 0.1) is 0 Å². The molecule has 1 saturated heterocycles. The Hall–Kier alpha value is -1.89. The molecule has 0 spiro atoms. The van der Waals surface area contributed by atoms with Crippen LogP contribution in [0.4, 0.5) is 4.79 Å². The summed E-state index contributed by atoms with van der Waals surface area (Å²) in [4.78, 5) is 20.7. The standard InChI is InChI=1S/C12H16N4O3/c17-12(18)16-4-2-8(6-16)19-11-9-5-13-3-1-10(9)14-7-15-11/h7-8,13H,1-6H2,(H,17,18)/t8-/m0/s1. The fraction of sp³-hybridized carbons (Fsp3) is 0.583. The SMILES string of the molecule is O=C(O)N1CC[C@H](Oc2ncnc3c2CNCC3)C1. The van der Waals surface area contributed by atoms with Gasteiger partial charge in [-0.1, -0.05) is 0 Å². The molecule has 1 amide bonds. The summed E-state index contributed by atoms with van der Waals surface area (Å²) >= 11 is 0. The normalized spacial score (nSPS) is 22.1. The maximum absolute atomic E-state index is 10.9. The zero-order chi connectivity index (χ0) is 13.2. The lowest BCUT2D eigenvalue weighted by Crippen LogP contribution is -2.30. The number of rotatable bonds is 2. The predicted molar refractivity (Wildman–Crippen MR) is 66.1 cm³/mol. The molecular weight excluding hydrogens is 248 g/mol. The number of amides is 1. The number of carboxylic acid groups (broad SMARTS) is 1. The van der Waals surface area contributed by atoms with Gasteiger partial charge in [0.15, 0.2) is 0 Å². The molecule has 0 radical (unpaired) electrons. The van der Waals surface area contributed by atoms with Crippen molar-refractivity contribution in [1.82, 2.24) is 20.2 Å². The molecule has 19 heavy (non-hydrogen) atoms. The lowest BCUT2D eigenvalue weighted by Gasteiger charge is -2.20. The van der Waals surface area contributed by atoms with Gasteiger partial charge in [-0.15, -0.1) is 0 Å². The van der Waals surface area contributed by atoms with Gasteiger partial charge in [0.1, 0.15) is 12.4 Å². The van der Waals surface area contributed by atoms with Crippen LogP contribution in [0.15, 0.2) is 6.33 Å². The van der Waals surface area contributed by atoms with Crippen molar-refractivity contribution >= 4 is 6.09 Å². The van der Waals surface area contributed by atoms with Crippen molar-refractivity contribution < 1.29 is 14.6 Å². The van der Waals surface area contributed by atoms with E-state index in [1.807, 2.05) is 0 Å². The third-order valence-electron chi connectivity index (χ3n) is 3.53. The van der Waals surface area contributed by atoms with E-state index in [1.54, 1.807) is 0 Å². The summed E-state index contributed by atoms with van der Waals surface area (Å²) < 4.78 is 5.86. The Labute approximate surface area is 110 Å². The first kappa shape index (κ1) is 12.2. The Morgan fingerprint density at radius 3 is 3.21 bits per heavy atom. The highest BCUT2D eigenvalue weighted by Gasteiger charge is 2.28. The molecule has 1 aromatic heterocycles. The van der Waals surface area contributed by atoms with Gasteiger partial charge in [0.2, 0.25) is 5.88 Å². The minimum Gasteiger partial charge on any atom is -0.472 e. The lowest BCUT2D eigenvalue weighted by molar-refractivity contribution is 0.144. The molecule has 0 aromatic carbocycles. The van der Waals surface area contributed by atoms with E-state index in [1.165, 1.54) is 11.2 Å². The first-order chi connectivity index (χ1) is 9.24. The number of hydrogen-bond acceptors (Lipinski definition) is 5. The maximum atomic E-state index is 10.9. The van der Waals surface area contributed by atoms with Crippen LogP contribution in [0.5, 0.6) is 5.88 Å². The molecule has 1 fully saturated rings. The van der Waals surface area contributed by atoms with E-state index in [-0.39, 0.29) is 6.10 Å². The summed E-state index contributed by atoms with van der Waals surface area (Å²) in [5.41, 5.74) is 2.03. The van der Waals surface area contributed by atoms with Gasteiger partial charge in [-0.2, -0.15) is 0 Å². The van der Waals surface area contributed by atoms with Crippen molar-refractivity contribution in [2.75, 3.05) is 19.6 Å². The molecule has 0 aliphatic carbocycles. The third-order valence-corrected chi connectivity index (χ3v) is 3.53. The predicted octanol–water partition coefficient (Wildman–Crippen LogP) is 0.253. The first-order valence-electron chi connectivity index (χ1n) is 6.42. The molecule has 1 atom stereocenters. The molecule has 7 heteroatoms. The average Bonchev–Trinajstić information content (AvgIpc) is 2.88. The number of aromatic nitrogens is 2. The van der Waals surface area contributed by atoms with Crippen LogP contribution in [0.3, 0.4) is 0 Å². The van der Waals surface area contributed by atoms with Gasteiger partial charge in [0, 0.05) is 38.0 Å². The van der Waals surface area contributed by atoms with Gasteiger partial charge < -0.3 is 20.1 Å². The van der Waals surface area contributed by atoms with Gasteiger partial charge in [0.05, 0.1) is 12.2 Å². The van der Waals surface area contributed by atoms with E-state index in [4.69, 9.17) is 9.84 Å². The number of carbonyl (C=O) groups is 1. The Morgan fingerprint density at radius 2 is 2.42 bits per heavy atom. The molecule has 2 aliphatic rings. The van der Waals surface area contributed by atoms with E-state index < -0.39 is 6.09 Å². The molecule has 2 aliphatic heterocycles. The summed E-state index contributed by atoms with van der Waals surface area (Å²) in [7, 11) is 0.